The molecule has 0 fully saturated rings. The zero-order chi connectivity index (χ0) is 11.2. The highest BCUT2D eigenvalue weighted by Crippen LogP contribution is 2.12. The third-order valence-electron chi connectivity index (χ3n) is 2.39. The fourth-order valence-corrected chi connectivity index (χ4v) is 1.53. The van der Waals surface area contributed by atoms with E-state index in [4.69, 9.17) is 14.9 Å². The molecule has 0 saturated heterocycles. The van der Waals surface area contributed by atoms with Gasteiger partial charge in [0.25, 0.3) is 0 Å². The van der Waals surface area contributed by atoms with Crippen LogP contribution in [0.5, 0.6) is 0 Å². The molecule has 1 aromatic heterocycles. The van der Waals surface area contributed by atoms with Gasteiger partial charge < -0.3 is 14.9 Å². The summed E-state index contributed by atoms with van der Waals surface area (Å²) in [7, 11) is 0. The van der Waals surface area contributed by atoms with Crippen molar-refractivity contribution in [3.63, 3.8) is 0 Å². The van der Waals surface area contributed by atoms with E-state index in [1.807, 2.05) is 36.4 Å². The third kappa shape index (κ3) is 2.72. The van der Waals surface area contributed by atoms with E-state index >= 15 is 0 Å². The quantitative estimate of drug-likeness (QED) is 0.836. The zero-order valence-electron chi connectivity index (χ0n) is 9.06. The van der Waals surface area contributed by atoms with Crippen LogP contribution in [0.25, 0.3) is 0 Å². The molecule has 84 valence electrons. The van der Waals surface area contributed by atoms with Gasteiger partial charge in [-0.1, -0.05) is 30.3 Å². The van der Waals surface area contributed by atoms with E-state index in [0.717, 1.165) is 11.3 Å². The van der Waals surface area contributed by atoms with Crippen LogP contribution < -0.4 is 5.73 Å². The SMILES string of the molecule is NCc1occc1COCc1ccccc1. The minimum atomic E-state index is 0.414. The summed E-state index contributed by atoms with van der Waals surface area (Å²) in [6.45, 7) is 1.56. The monoisotopic (exact) mass is 217 g/mol. The van der Waals surface area contributed by atoms with Crippen LogP contribution in [0.2, 0.25) is 0 Å². The number of nitrogens with two attached hydrogens (primary N) is 1. The lowest BCUT2D eigenvalue weighted by Crippen LogP contribution is -2.00. The van der Waals surface area contributed by atoms with Gasteiger partial charge in [-0.15, -0.1) is 0 Å². The zero-order valence-corrected chi connectivity index (χ0v) is 9.06. The van der Waals surface area contributed by atoms with E-state index in [-0.39, 0.29) is 0 Å². The number of furan rings is 1. The minimum Gasteiger partial charge on any atom is -0.468 e. The van der Waals surface area contributed by atoms with Gasteiger partial charge in [0.05, 0.1) is 26.0 Å². The maximum absolute atomic E-state index is 5.59. The first-order valence-electron chi connectivity index (χ1n) is 5.27. The van der Waals surface area contributed by atoms with Crippen molar-refractivity contribution in [3.05, 3.63) is 59.5 Å². The number of ether oxygens (including phenoxy) is 1. The molecule has 0 aliphatic rings. The largest absolute Gasteiger partial charge is 0.468 e. The van der Waals surface area contributed by atoms with E-state index in [9.17, 15) is 0 Å². The molecule has 3 nitrogen and oxygen atoms in total. The summed E-state index contributed by atoms with van der Waals surface area (Å²) in [4.78, 5) is 0. The fraction of sp³-hybridized carbons (Fsp3) is 0.231. The van der Waals surface area contributed by atoms with Crippen LogP contribution in [0.3, 0.4) is 0 Å². The summed E-state index contributed by atoms with van der Waals surface area (Å²) in [6, 6.07) is 12.0. The first-order chi connectivity index (χ1) is 7.90. The Labute approximate surface area is 94.8 Å². The smallest absolute Gasteiger partial charge is 0.122 e. The van der Waals surface area contributed by atoms with Crippen molar-refractivity contribution in [2.45, 2.75) is 19.8 Å². The van der Waals surface area contributed by atoms with E-state index in [0.29, 0.717) is 19.8 Å². The average Bonchev–Trinajstić information content (AvgIpc) is 2.78. The molecule has 2 N–H and O–H groups in total. The number of benzene rings is 1. The first-order valence-corrected chi connectivity index (χ1v) is 5.27. The van der Waals surface area contributed by atoms with Gasteiger partial charge in [0.15, 0.2) is 0 Å². The molecule has 2 rings (SSSR count). The van der Waals surface area contributed by atoms with Gasteiger partial charge >= 0.3 is 0 Å². The Bertz CT molecular complexity index is 423. The molecule has 0 bridgehead atoms. The second-order valence-electron chi connectivity index (χ2n) is 3.55. The predicted molar refractivity (Wildman–Crippen MR) is 61.5 cm³/mol. The summed E-state index contributed by atoms with van der Waals surface area (Å²) < 4.78 is 10.8. The van der Waals surface area contributed by atoms with Crippen molar-refractivity contribution in [1.29, 1.82) is 0 Å². The van der Waals surface area contributed by atoms with Crippen LogP contribution in [0, 0.1) is 0 Å². The molecule has 0 spiro atoms. The lowest BCUT2D eigenvalue weighted by atomic mass is 10.2. The van der Waals surface area contributed by atoms with Gasteiger partial charge in [-0.25, -0.2) is 0 Å². The summed E-state index contributed by atoms with van der Waals surface area (Å²) >= 11 is 0. The Morgan fingerprint density at radius 1 is 1.06 bits per heavy atom. The molecule has 3 heteroatoms. The number of hydrogen-bond acceptors (Lipinski definition) is 3. The summed E-state index contributed by atoms with van der Waals surface area (Å²) in [5, 5.41) is 0. The van der Waals surface area contributed by atoms with E-state index in [1.165, 1.54) is 5.56 Å². The highest BCUT2D eigenvalue weighted by Gasteiger charge is 2.03. The molecule has 16 heavy (non-hydrogen) atoms. The third-order valence-corrected chi connectivity index (χ3v) is 2.39. The lowest BCUT2D eigenvalue weighted by Gasteiger charge is -2.03. The highest BCUT2D eigenvalue weighted by molar-refractivity contribution is 5.16. The summed E-state index contributed by atoms with van der Waals surface area (Å²) in [5.74, 6) is 0.799. The van der Waals surface area contributed by atoms with Crippen molar-refractivity contribution in [3.8, 4) is 0 Å². The number of hydrogen-bond donors (Lipinski definition) is 1. The van der Waals surface area contributed by atoms with E-state index in [1.54, 1.807) is 6.26 Å². The van der Waals surface area contributed by atoms with Gasteiger partial charge in [0, 0.05) is 5.56 Å². The fourth-order valence-electron chi connectivity index (χ4n) is 1.53. The standard InChI is InChI=1S/C13H15NO2/c14-8-13-12(6-7-16-13)10-15-9-11-4-2-1-3-5-11/h1-7H,8-10,14H2. The van der Waals surface area contributed by atoms with Crippen LogP contribution in [0.15, 0.2) is 47.1 Å². The van der Waals surface area contributed by atoms with Crippen LogP contribution in [0.1, 0.15) is 16.9 Å². The lowest BCUT2D eigenvalue weighted by molar-refractivity contribution is 0.106. The topological polar surface area (TPSA) is 48.4 Å². The number of rotatable bonds is 5. The molecule has 0 radical (unpaired) electrons. The summed E-state index contributed by atoms with van der Waals surface area (Å²) in [5.41, 5.74) is 7.72. The second-order valence-corrected chi connectivity index (χ2v) is 3.55. The Hall–Kier alpha value is -1.58. The molecule has 0 amide bonds. The normalized spacial score (nSPS) is 10.6. The molecule has 1 heterocycles. The van der Waals surface area contributed by atoms with Crippen molar-refractivity contribution in [2.75, 3.05) is 0 Å². The molecule has 1 aromatic carbocycles. The molecular formula is C13H15NO2. The van der Waals surface area contributed by atoms with Crippen molar-refractivity contribution in [2.24, 2.45) is 5.73 Å². The molecular weight excluding hydrogens is 202 g/mol. The molecule has 0 aliphatic carbocycles. The van der Waals surface area contributed by atoms with E-state index < -0.39 is 0 Å². The first kappa shape index (κ1) is 10.9. The molecule has 0 saturated carbocycles. The molecule has 0 atom stereocenters. The minimum absolute atomic E-state index is 0.414. The molecule has 0 unspecified atom stereocenters. The molecule has 2 aromatic rings. The summed E-state index contributed by atoms with van der Waals surface area (Å²) in [6.07, 6.45) is 1.64. The van der Waals surface area contributed by atoms with Crippen LogP contribution >= 0.6 is 0 Å². The Morgan fingerprint density at radius 3 is 2.62 bits per heavy atom. The Kier molecular flexibility index (Phi) is 3.75. The predicted octanol–water partition coefficient (Wildman–Crippen LogP) is 2.46. The Morgan fingerprint density at radius 2 is 1.88 bits per heavy atom. The Balaban J connectivity index is 1.85. The van der Waals surface area contributed by atoms with Crippen LogP contribution in [-0.2, 0) is 24.5 Å². The average molecular weight is 217 g/mol. The van der Waals surface area contributed by atoms with Crippen molar-refractivity contribution < 1.29 is 9.15 Å². The molecule has 0 aliphatic heterocycles. The van der Waals surface area contributed by atoms with Crippen LogP contribution in [0.4, 0.5) is 0 Å². The van der Waals surface area contributed by atoms with Gasteiger partial charge in [-0.05, 0) is 11.6 Å². The van der Waals surface area contributed by atoms with Crippen molar-refractivity contribution >= 4 is 0 Å². The van der Waals surface area contributed by atoms with Crippen molar-refractivity contribution in [1.82, 2.24) is 0 Å². The van der Waals surface area contributed by atoms with Gasteiger partial charge in [0.1, 0.15) is 5.76 Å². The van der Waals surface area contributed by atoms with E-state index in [2.05, 4.69) is 0 Å². The maximum Gasteiger partial charge on any atom is 0.122 e. The van der Waals surface area contributed by atoms with Crippen LogP contribution in [-0.4, -0.2) is 0 Å². The highest BCUT2D eigenvalue weighted by atomic mass is 16.5. The van der Waals surface area contributed by atoms with Gasteiger partial charge in [0.2, 0.25) is 0 Å². The van der Waals surface area contributed by atoms with Gasteiger partial charge in [-0.3, -0.25) is 0 Å². The van der Waals surface area contributed by atoms with Gasteiger partial charge in [-0.2, -0.15) is 0 Å². The second kappa shape index (κ2) is 5.49. The maximum atomic E-state index is 5.59.